The summed E-state index contributed by atoms with van der Waals surface area (Å²) in [5.41, 5.74) is 2.46. The van der Waals surface area contributed by atoms with Gasteiger partial charge in [0.1, 0.15) is 11.8 Å². The highest BCUT2D eigenvalue weighted by Crippen LogP contribution is 2.25. The maximum Gasteiger partial charge on any atom is 0.243 e. The number of amides is 1. The normalized spacial score (nSPS) is 12.3. The summed E-state index contributed by atoms with van der Waals surface area (Å²) in [7, 11) is -2.16. The molecule has 1 N–H and O–H groups in total. The fourth-order valence-corrected chi connectivity index (χ4v) is 3.77. The average Bonchev–Trinajstić information content (AvgIpc) is 2.60. The molecule has 1 atom stereocenters. The van der Waals surface area contributed by atoms with Gasteiger partial charge in [-0.2, -0.15) is 0 Å². The molecule has 0 aliphatic heterocycles. The van der Waals surface area contributed by atoms with Crippen molar-refractivity contribution in [2.24, 2.45) is 0 Å². The average molecular weight is 376 g/mol. The van der Waals surface area contributed by atoms with Gasteiger partial charge in [-0.15, -0.1) is 0 Å². The van der Waals surface area contributed by atoms with Gasteiger partial charge in [-0.1, -0.05) is 35.9 Å². The second-order valence-electron chi connectivity index (χ2n) is 6.14. The molecule has 0 aliphatic rings. The van der Waals surface area contributed by atoms with E-state index in [4.69, 9.17) is 4.74 Å². The Bertz CT molecular complexity index is 863. The van der Waals surface area contributed by atoms with Crippen LogP contribution in [0.15, 0.2) is 48.5 Å². The summed E-state index contributed by atoms with van der Waals surface area (Å²) in [6, 6.07) is 13.5. The van der Waals surface area contributed by atoms with Crippen LogP contribution in [0.5, 0.6) is 5.75 Å². The second-order valence-corrected chi connectivity index (χ2v) is 8.00. The molecule has 0 fully saturated rings. The summed E-state index contributed by atoms with van der Waals surface area (Å²) >= 11 is 0. The monoisotopic (exact) mass is 376 g/mol. The van der Waals surface area contributed by atoms with Gasteiger partial charge in [0.2, 0.25) is 15.9 Å². The van der Waals surface area contributed by atoms with Gasteiger partial charge in [-0.05, 0) is 31.5 Å². The molecule has 0 heterocycles. The van der Waals surface area contributed by atoms with E-state index in [9.17, 15) is 13.2 Å². The Labute approximate surface area is 154 Å². The number of hydrogen-bond acceptors (Lipinski definition) is 4. The minimum atomic E-state index is -3.66. The lowest BCUT2D eigenvalue weighted by molar-refractivity contribution is -0.122. The van der Waals surface area contributed by atoms with E-state index in [0.717, 1.165) is 21.7 Å². The van der Waals surface area contributed by atoms with Crippen LogP contribution in [0.2, 0.25) is 0 Å². The third kappa shape index (κ3) is 4.98. The first-order valence-electron chi connectivity index (χ1n) is 8.19. The van der Waals surface area contributed by atoms with Gasteiger partial charge in [-0.3, -0.25) is 9.10 Å². The summed E-state index contributed by atoms with van der Waals surface area (Å²) in [4.78, 5) is 12.6. The standard InChI is InChI=1S/C19H24N2O4S/c1-14-8-10-16(11-9-14)13-20-19(22)15(2)21(26(4,23)24)17-6-5-7-18(12-17)25-3/h5-12,15H,13H2,1-4H3,(H,20,22)/t15-/m1/s1. The highest BCUT2D eigenvalue weighted by Gasteiger charge is 2.29. The molecule has 0 saturated carbocycles. The predicted molar refractivity (Wildman–Crippen MR) is 103 cm³/mol. The zero-order valence-corrected chi connectivity index (χ0v) is 16.2. The maximum absolute atomic E-state index is 12.6. The van der Waals surface area contributed by atoms with E-state index in [-0.39, 0.29) is 5.91 Å². The Morgan fingerprint density at radius 1 is 1.19 bits per heavy atom. The molecule has 0 bridgehead atoms. The van der Waals surface area contributed by atoms with Crippen molar-refractivity contribution in [2.45, 2.75) is 26.4 Å². The largest absolute Gasteiger partial charge is 0.497 e. The SMILES string of the molecule is COc1cccc(N([C@H](C)C(=O)NCc2ccc(C)cc2)S(C)(=O)=O)c1. The number of nitrogens with one attached hydrogen (secondary N) is 1. The zero-order valence-electron chi connectivity index (χ0n) is 15.4. The van der Waals surface area contributed by atoms with E-state index in [2.05, 4.69) is 5.32 Å². The van der Waals surface area contributed by atoms with E-state index < -0.39 is 16.1 Å². The summed E-state index contributed by atoms with van der Waals surface area (Å²) in [5.74, 6) is 0.141. The topological polar surface area (TPSA) is 75.7 Å². The van der Waals surface area contributed by atoms with Crippen molar-refractivity contribution in [3.05, 3.63) is 59.7 Å². The molecule has 6 nitrogen and oxygen atoms in total. The van der Waals surface area contributed by atoms with E-state index >= 15 is 0 Å². The van der Waals surface area contributed by atoms with Crippen LogP contribution in [0.4, 0.5) is 5.69 Å². The highest BCUT2D eigenvalue weighted by atomic mass is 32.2. The van der Waals surface area contributed by atoms with Crippen LogP contribution in [0.25, 0.3) is 0 Å². The maximum atomic E-state index is 12.6. The molecule has 0 aliphatic carbocycles. The summed E-state index contributed by atoms with van der Waals surface area (Å²) in [5, 5.41) is 2.79. The number of rotatable bonds is 7. The quantitative estimate of drug-likeness (QED) is 0.805. The van der Waals surface area contributed by atoms with E-state index in [1.165, 1.54) is 7.11 Å². The summed E-state index contributed by atoms with van der Waals surface area (Å²) in [6.07, 6.45) is 1.08. The molecule has 7 heteroatoms. The van der Waals surface area contributed by atoms with Crippen molar-refractivity contribution in [3.63, 3.8) is 0 Å². The van der Waals surface area contributed by atoms with Crippen molar-refractivity contribution >= 4 is 21.6 Å². The van der Waals surface area contributed by atoms with Crippen molar-refractivity contribution in [1.29, 1.82) is 0 Å². The van der Waals surface area contributed by atoms with Gasteiger partial charge in [0.05, 0.1) is 19.1 Å². The lowest BCUT2D eigenvalue weighted by atomic mass is 10.1. The van der Waals surface area contributed by atoms with Crippen molar-refractivity contribution < 1.29 is 17.9 Å². The number of aryl methyl sites for hydroxylation is 1. The van der Waals surface area contributed by atoms with Crippen molar-refractivity contribution in [3.8, 4) is 5.75 Å². The first-order valence-corrected chi connectivity index (χ1v) is 10.0. The Hall–Kier alpha value is -2.54. The molecule has 2 rings (SSSR count). The van der Waals surface area contributed by atoms with Crippen LogP contribution >= 0.6 is 0 Å². The minimum Gasteiger partial charge on any atom is -0.497 e. The van der Waals surface area contributed by atoms with Crippen molar-refractivity contribution in [2.75, 3.05) is 17.7 Å². The third-order valence-corrected chi connectivity index (χ3v) is 5.23. The third-order valence-electron chi connectivity index (χ3n) is 3.98. The van der Waals surface area contributed by atoms with Crippen LogP contribution in [-0.2, 0) is 21.4 Å². The number of anilines is 1. The number of carbonyl (C=O) groups is 1. The molecule has 1 amide bonds. The zero-order chi connectivity index (χ0) is 19.3. The van der Waals surface area contributed by atoms with Gasteiger partial charge in [0.15, 0.2) is 0 Å². The number of benzene rings is 2. The van der Waals surface area contributed by atoms with Gasteiger partial charge < -0.3 is 10.1 Å². The molecule has 0 aromatic heterocycles. The van der Waals surface area contributed by atoms with Gasteiger partial charge in [0.25, 0.3) is 0 Å². The molecule has 0 radical (unpaired) electrons. The Balaban J connectivity index is 2.19. The summed E-state index contributed by atoms with van der Waals surface area (Å²) in [6.45, 7) is 3.88. The van der Waals surface area contributed by atoms with E-state index in [0.29, 0.717) is 18.0 Å². The van der Waals surface area contributed by atoms with Gasteiger partial charge >= 0.3 is 0 Å². The number of carbonyl (C=O) groups excluding carboxylic acids is 1. The molecular formula is C19H24N2O4S. The highest BCUT2D eigenvalue weighted by molar-refractivity contribution is 7.92. The number of nitrogens with zero attached hydrogens (tertiary/aromatic N) is 1. The Morgan fingerprint density at radius 2 is 1.85 bits per heavy atom. The molecule has 0 spiro atoms. The molecule has 0 saturated heterocycles. The van der Waals surface area contributed by atoms with E-state index in [1.54, 1.807) is 31.2 Å². The van der Waals surface area contributed by atoms with Crippen LogP contribution in [0.3, 0.4) is 0 Å². The number of sulfonamides is 1. The van der Waals surface area contributed by atoms with Gasteiger partial charge in [-0.25, -0.2) is 8.42 Å². The van der Waals surface area contributed by atoms with Crippen LogP contribution in [0, 0.1) is 6.92 Å². The van der Waals surface area contributed by atoms with E-state index in [1.807, 2.05) is 31.2 Å². The number of hydrogen-bond donors (Lipinski definition) is 1. The van der Waals surface area contributed by atoms with Crippen LogP contribution in [-0.4, -0.2) is 33.7 Å². The number of ether oxygens (including phenoxy) is 1. The lowest BCUT2D eigenvalue weighted by Gasteiger charge is -2.28. The molecule has 26 heavy (non-hydrogen) atoms. The first kappa shape index (κ1) is 19.8. The molecule has 140 valence electrons. The van der Waals surface area contributed by atoms with Gasteiger partial charge in [0, 0.05) is 12.6 Å². The fourth-order valence-electron chi connectivity index (χ4n) is 2.60. The molecule has 2 aromatic rings. The Morgan fingerprint density at radius 3 is 2.42 bits per heavy atom. The number of methoxy groups -OCH3 is 1. The minimum absolute atomic E-state index is 0.333. The predicted octanol–water partition coefficient (Wildman–Crippen LogP) is 2.47. The molecular weight excluding hydrogens is 352 g/mol. The fraction of sp³-hybridized carbons (Fsp3) is 0.316. The first-order chi connectivity index (χ1) is 12.2. The molecule has 2 aromatic carbocycles. The molecule has 0 unspecified atom stereocenters. The second kappa shape index (κ2) is 8.23. The van der Waals surface area contributed by atoms with Crippen LogP contribution in [0.1, 0.15) is 18.1 Å². The lowest BCUT2D eigenvalue weighted by Crippen LogP contribution is -2.47. The summed E-state index contributed by atoms with van der Waals surface area (Å²) < 4.78 is 30.8. The van der Waals surface area contributed by atoms with Crippen molar-refractivity contribution in [1.82, 2.24) is 5.32 Å². The Kier molecular flexibility index (Phi) is 6.26. The van der Waals surface area contributed by atoms with Crippen LogP contribution < -0.4 is 14.4 Å². The smallest absolute Gasteiger partial charge is 0.243 e.